The van der Waals surface area contributed by atoms with Crippen LogP contribution in [0.1, 0.15) is 18.4 Å². The van der Waals surface area contributed by atoms with E-state index in [-0.39, 0.29) is 0 Å². The van der Waals surface area contributed by atoms with E-state index in [0.717, 1.165) is 27.9 Å². The summed E-state index contributed by atoms with van der Waals surface area (Å²) >= 11 is 5.26. The molecule has 1 aromatic rings. The lowest BCUT2D eigenvalue weighted by Gasteiger charge is -2.23. The van der Waals surface area contributed by atoms with Gasteiger partial charge in [-0.2, -0.15) is 0 Å². The number of aromatic nitrogens is 2. The van der Waals surface area contributed by atoms with Crippen LogP contribution in [0.15, 0.2) is 0 Å². The highest BCUT2D eigenvalue weighted by Crippen LogP contribution is 2.32. The maximum Gasteiger partial charge on any atom is 0.208 e. The fraction of sp³-hybridized carbons (Fsp3) is 0.778. The van der Waals surface area contributed by atoms with Gasteiger partial charge in [-0.1, -0.05) is 34.2 Å². The molecule has 0 aliphatic carbocycles. The number of aryl methyl sites for hydroxylation is 1. The summed E-state index contributed by atoms with van der Waals surface area (Å²) in [6.45, 7) is 5.43. The van der Waals surface area contributed by atoms with E-state index < -0.39 is 0 Å². The second-order valence-electron chi connectivity index (χ2n) is 3.78. The first-order valence-electron chi connectivity index (χ1n) is 4.85. The molecule has 14 heavy (non-hydrogen) atoms. The first-order chi connectivity index (χ1) is 6.72. The van der Waals surface area contributed by atoms with Crippen molar-refractivity contribution in [3.8, 4) is 0 Å². The first-order valence-corrected chi connectivity index (χ1v) is 6.79. The Morgan fingerprint density at radius 2 is 2.36 bits per heavy atom. The van der Waals surface area contributed by atoms with Crippen molar-refractivity contribution in [3.05, 3.63) is 5.01 Å². The molecule has 0 radical (unpaired) electrons. The Balaban J connectivity index is 2.18. The SMILES string of the molecule is Cc1nnc(N2CCC(C)C2CBr)s1. The summed E-state index contributed by atoms with van der Waals surface area (Å²) in [7, 11) is 0. The number of alkyl halides is 1. The minimum atomic E-state index is 0.586. The number of nitrogens with zero attached hydrogens (tertiary/aromatic N) is 3. The van der Waals surface area contributed by atoms with Gasteiger partial charge in [0.05, 0.1) is 0 Å². The molecule has 5 heteroatoms. The summed E-state index contributed by atoms with van der Waals surface area (Å²) in [5.41, 5.74) is 0. The van der Waals surface area contributed by atoms with Crippen molar-refractivity contribution in [1.29, 1.82) is 0 Å². The Hall–Kier alpha value is -0.160. The van der Waals surface area contributed by atoms with Gasteiger partial charge in [0.25, 0.3) is 0 Å². The Morgan fingerprint density at radius 1 is 1.57 bits per heavy atom. The van der Waals surface area contributed by atoms with Gasteiger partial charge < -0.3 is 4.90 Å². The van der Waals surface area contributed by atoms with Crippen molar-refractivity contribution < 1.29 is 0 Å². The average Bonchev–Trinajstić information content (AvgIpc) is 2.71. The molecule has 0 saturated carbocycles. The summed E-state index contributed by atoms with van der Waals surface area (Å²) < 4.78 is 0. The second kappa shape index (κ2) is 4.14. The quantitative estimate of drug-likeness (QED) is 0.777. The van der Waals surface area contributed by atoms with Gasteiger partial charge in [-0.25, -0.2) is 0 Å². The highest BCUT2D eigenvalue weighted by molar-refractivity contribution is 9.09. The lowest BCUT2D eigenvalue weighted by atomic mass is 10.1. The lowest BCUT2D eigenvalue weighted by Crippen LogP contribution is -2.33. The highest BCUT2D eigenvalue weighted by atomic mass is 79.9. The van der Waals surface area contributed by atoms with E-state index in [4.69, 9.17) is 0 Å². The zero-order valence-corrected chi connectivity index (χ0v) is 10.8. The van der Waals surface area contributed by atoms with Crippen LogP contribution >= 0.6 is 27.3 Å². The zero-order valence-electron chi connectivity index (χ0n) is 8.40. The van der Waals surface area contributed by atoms with Gasteiger partial charge in [0, 0.05) is 17.9 Å². The third-order valence-electron chi connectivity index (χ3n) is 2.80. The van der Waals surface area contributed by atoms with E-state index in [2.05, 4.69) is 38.0 Å². The van der Waals surface area contributed by atoms with Crippen LogP contribution in [0.2, 0.25) is 0 Å². The second-order valence-corrected chi connectivity index (χ2v) is 5.59. The van der Waals surface area contributed by atoms with Gasteiger partial charge >= 0.3 is 0 Å². The molecule has 0 N–H and O–H groups in total. The number of hydrogen-bond donors (Lipinski definition) is 0. The van der Waals surface area contributed by atoms with E-state index in [1.807, 2.05) is 6.92 Å². The molecular weight excluding hydrogens is 262 g/mol. The van der Waals surface area contributed by atoms with Gasteiger partial charge in [0.2, 0.25) is 5.13 Å². The molecule has 2 heterocycles. The normalized spacial score (nSPS) is 27.2. The molecular formula is C9H14BrN3S. The molecule has 0 bridgehead atoms. The molecule has 0 aromatic carbocycles. The monoisotopic (exact) mass is 275 g/mol. The Morgan fingerprint density at radius 3 is 2.93 bits per heavy atom. The highest BCUT2D eigenvalue weighted by Gasteiger charge is 2.32. The van der Waals surface area contributed by atoms with E-state index in [1.54, 1.807) is 11.3 Å². The minimum absolute atomic E-state index is 0.586. The van der Waals surface area contributed by atoms with Gasteiger partial charge in [-0.05, 0) is 19.3 Å². The summed E-state index contributed by atoms with van der Waals surface area (Å²) in [6.07, 6.45) is 1.26. The van der Waals surface area contributed by atoms with E-state index in [1.165, 1.54) is 6.42 Å². The van der Waals surface area contributed by atoms with Crippen molar-refractivity contribution in [2.24, 2.45) is 5.92 Å². The van der Waals surface area contributed by atoms with Crippen LogP contribution in [0.3, 0.4) is 0 Å². The number of anilines is 1. The molecule has 1 aliphatic rings. The van der Waals surface area contributed by atoms with Crippen LogP contribution in [0.25, 0.3) is 0 Å². The van der Waals surface area contributed by atoms with E-state index in [9.17, 15) is 0 Å². The van der Waals surface area contributed by atoms with Crippen molar-refractivity contribution in [2.45, 2.75) is 26.3 Å². The maximum atomic E-state index is 4.20. The smallest absolute Gasteiger partial charge is 0.208 e. The molecule has 2 rings (SSSR count). The van der Waals surface area contributed by atoms with Crippen LogP contribution in [0.5, 0.6) is 0 Å². The topological polar surface area (TPSA) is 29.0 Å². The third kappa shape index (κ3) is 1.80. The van der Waals surface area contributed by atoms with Crippen LogP contribution in [-0.2, 0) is 0 Å². The fourth-order valence-corrected chi connectivity index (χ4v) is 3.64. The predicted octanol–water partition coefficient (Wildman–Crippen LogP) is 2.46. The summed E-state index contributed by atoms with van der Waals surface area (Å²) in [6, 6.07) is 0.586. The van der Waals surface area contributed by atoms with Crippen molar-refractivity contribution in [1.82, 2.24) is 10.2 Å². The molecule has 2 atom stereocenters. The van der Waals surface area contributed by atoms with Gasteiger partial charge in [0.15, 0.2) is 0 Å². The Labute approximate surface area is 96.7 Å². The van der Waals surface area contributed by atoms with Gasteiger partial charge in [0.1, 0.15) is 5.01 Å². The Bertz CT molecular complexity index is 315. The van der Waals surface area contributed by atoms with Crippen LogP contribution < -0.4 is 4.90 Å². The van der Waals surface area contributed by atoms with Crippen molar-refractivity contribution >= 4 is 32.4 Å². The number of hydrogen-bond acceptors (Lipinski definition) is 4. The van der Waals surface area contributed by atoms with E-state index in [0.29, 0.717) is 6.04 Å². The number of rotatable bonds is 2. The molecule has 2 unspecified atom stereocenters. The lowest BCUT2D eigenvalue weighted by molar-refractivity contribution is 0.553. The van der Waals surface area contributed by atoms with Crippen molar-refractivity contribution in [3.63, 3.8) is 0 Å². The van der Waals surface area contributed by atoms with E-state index >= 15 is 0 Å². The van der Waals surface area contributed by atoms with Crippen LogP contribution in [0.4, 0.5) is 5.13 Å². The van der Waals surface area contributed by atoms with Gasteiger partial charge in [-0.3, -0.25) is 0 Å². The molecule has 78 valence electrons. The van der Waals surface area contributed by atoms with Crippen LogP contribution in [0, 0.1) is 12.8 Å². The summed E-state index contributed by atoms with van der Waals surface area (Å²) in [4.78, 5) is 2.38. The molecule has 0 spiro atoms. The standard InChI is InChI=1S/C9H14BrN3S/c1-6-3-4-13(8(6)5-10)9-12-11-7(2)14-9/h6,8H,3-5H2,1-2H3. The molecule has 0 amide bonds. The Kier molecular flexibility index (Phi) is 3.07. The molecule has 1 saturated heterocycles. The maximum absolute atomic E-state index is 4.20. The predicted molar refractivity (Wildman–Crippen MR) is 63.4 cm³/mol. The largest absolute Gasteiger partial charge is 0.343 e. The van der Waals surface area contributed by atoms with Crippen LogP contribution in [-0.4, -0.2) is 28.1 Å². The van der Waals surface area contributed by atoms with Crippen molar-refractivity contribution in [2.75, 3.05) is 16.8 Å². The zero-order chi connectivity index (χ0) is 10.1. The number of halogens is 1. The minimum Gasteiger partial charge on any atom is -0.343 e. The average molecular weight is 276 g/mol. The molecule has 1 aromatic heterocycles. The first kappa shape index (κ1) is 10.4. The molecule has 1 aliphatic heterocycles. The van der Waals surface area contributed by atoms with Gasteiger partial charge in [-0.15, -0.1) is 10.2 Å². The molecule has 3 nitrogen and oxygen atoms in total. The fourth-order valence-electron chi connectivity index (χ4n) is 1.88. The third-order valence-corrected chi connectivity index (χ3v) is 4.34. The summed E-state index contributed by atoms with van der Waals surface area (Å²) in [5.74, 6) is 0.749. The summed E-state index contributed by atoms with van der Waals surface area (Å²) in [5, 5.41) is 11.4. The molecule has 1 fully saturated rings.